The number of para-hydroxylation sites is 6. The SMILES string of the molecule is c1ccc(-c2c(-c3ccc4c(c3)c3cc(N(c5ccccc5)c5ccccc5)ccc3n4-c3ccccc3)cccc2-c2ccc3c(c2)c2cc(N(c4ccccc4)c4ccccc4)ccc2n3-c2ccccc2)cc1. The van der Waals surface area contributed by atoms with E-state index >= 15 is 0 Å². The Bertz CT molecular complexity index is 4020. The van der Waals surface area contributed by atoms with Crippen LogP contribution in [-0.2, 0) is 0 Å². The molecule has 358 valence electrons. The van der Waals surface area contributed by atoms with Crippen molar-refractivity contribution in [2.75, 3.05) is 9.80 Å². The summed E-state index contributed by atoms with van der Waals surface area (Å²) in [6.45, 7) is 0. The van der Waals surface area contributed by atoms with Gasteiger partial charge in [-0.1, -0.05) is 170 Å². The first-order valence-electron chi connectivity index (χ1n) is 26.0. The minimum absolute atomic E-state index is 1.10. The summed E-state index contributed by atoms with van der Waals surface area (Å²) in [5.74, 6) is 0. The molecule has 76 heavy (non-hydrogen) atoms. The first kappa shape index (κ1) is 44.5. The molecule has 0 saturated carbocycles. The lowest BCUT2D eigenvalue weighted by molar-refractivity contribution is 1.18. The van der Waals surface area contributed by atoms with Crippen molar-refractivity contribution >= 4 is 77.7 Å². The summed E-state index contributed by atoms with van der Waals surface area (Å²) in [6, 6.07) is 110. The highest BCUT2D eigenvalue weighted by molar-refractivity contribution is 6.14. The van der Waals surface area contributed by atoms with Gasteiger partial charge in [0.1, 0.15) is 0 Å². The number of hydrogen-bond acceptors (Lipinski definition) is 2. The van der Waals surface area contributed by atoms with Crippen LogP contribution in [0.4, 0.5) is 34.1 Å². The highest BCUT2D eigenvalue weighted by atomic mass is 15.1. The highest BCUT2D eigenvalue weighted by Gasteiger charge is 2.22. The topological polar surface area (TPSA) is 16.3 Å². The van der Waals surface area contributed by atoms with E-state index < -0.39 is 0 Å². The Kier molecular flexibility index (Phi) is 11.2. The molecule has 14 aromatic rings. The fourth-order valence-electron chi connectivity index (χ4n) is 11.5. The molecule has 0 atom stereocenters. The summed E-state index contributed by atoms with van der Waals surface area (Å²) < 4.78 is 4.82. The Morgan fingerprint density at radius 2 is 0.513 bits per heavy atom. The van der Waals surface area contributed by atoms with Crippen molar-refractivity contribution in [1.29, 1.82) is 0 Å². The number of nitrogens with zero attached hydrogens (tertiary/aromatic N) is 4. The van der Waals surface area contributed by atoms with Crippen LogP contribution >= 0.6 is 0 Å². The molecular weight excluding hydrogens is 921 g/mol. The fourth-order valence-corrected chi connectivity index (χ4v) is 11.5. The molecule has 0 saturated heterocycles. The van der Waals surface area contributed by atoms with Gasteiger partial charge in [0.2, 0.25) is 0 Å². The maximum atomic E-state index is 2.42. The van der Waals surface area contributed by atoms with Crippen molar-refractivity contribution in [3.63, 3.8) is 0 Å². The van der Waals surface area contributed by atoms with Crippen LogP contribution in [0.15, 0.2) is 303 Å². The number of rotatable bonds is 11. The second kappa shape index (κ2) is 19.0. The molecule has 0 fully saturated rings. The van der Waals surface area contributed by atoms with E-state index in [0.29, 0.717) is 0 Å². The number of anilines is 6. The van der Waals surface area contributed by atoms with Crippen LogP contribution in [-0.4, -0.2) is 9.13 Å². The van der Waals surface area contributed by atoms with E-state index in [4.69, 9.17) is 0 Å². The van der Waals surface area contributed by atoms with Gasteiger partial charge in [-0.2, -0.15) is 0 Å². The summed E-state index contributed by atoms with van der Waals surface area (Å²) in [6.07, 6.45) is 0. The smallest absolute Gasteiger partial charge is 0.0542 e. The van der Waals surface area contributed by atoms with Crippen LogP contribution in [0.1, 0.15) is 0 Å². The Morgan fingerprint density at radius 1 is 0.211 bits per heavy atom. The second-order valence-corrected chi connectivity index (χ2v) is 19.3. The lowest BCUT2D eigenvalue weighted by atomic mass is 9.87. The van der Waals surface area contributed by atoms with E-state index in [1.165, 1.54) is 43.8 Å². The summed E-state index contributed by atoms with van der Waals surface area (Å²) in [5, 5.41) is 4.75. The Hall–Kier alpha value is -10.2. The zero-order valence-corrected chi connectivity index (χ0v) is 41.7. The first-order chi connectivity index (χ1) is 37.7. The van der Waals surface area contributed by atoms with Crippen LogP contribution in [0.3, 0.4) is 0 Å². The van der Waals surface area contributed by atoms with Crippen LogP contribution in [0.2, 0.25) is 0 Å². The molecule has 4 nitrogen and oxygen atoms in total. The molecule has 2 heterocycles. The van der Waals surface area contributed by atoms with Crippen LogP contribution < -0.4 is 9.80 Å². The van der Waals surface area contributed by atoms with Crippen LogP contribution in [0.5, 0.6) is 0 Å². The highest BCUT2D eigenvalue weighted by Crippen LogP contribution is 2.46. The molecule has 14 rings (SSSR count). The monoisotopic (exact) mass is 970 g/mol. The van der Waals surface area contributed by atoms with Crippen molar-refractivity contribution in [3.05, 3.63) is 303 Å². The number of aromatic nitrogens is 2. The molecule has 0 aliphatic rings. The molecule has 0 radical (unpaired) electrons. The molecular formula is C72H50N4. The maximum Gasteiger partial charge on any atom is 0.0542 e. The Morgan fingerprint density at radius 3 is 0.868 bits per heavy atom. The molecule has 0 unspecified atom stereocenters. The van der Waals surface area contributed by atoms with Gasteiger partial charge in [-0.15, -0.1) is 0 Å². The van der Waals surface area contributed by atoms with Crippen LogP contribution in [0, 0.1) is 0 Å². The van der Waals surface area contributed by atoms with Gasteiger partial charge in [-0.3, -0.25) is 0 Å². The predicted octanol–water partition coefficient (Wildman–Crippen LogP) is 19.8. The van der Waals surface area contributed by atoms with Gasteiger partial charge in [-0.05, 0) is 167 Å². The minimum Gasteiger partial charge on any atom is -0.310 e. The van der Waals surface area contributed by atoms with Gasteiger partial charge < -0.3 is 18.9 Å². The molecule has 4 heteroatoms. The molecule has 0 aliphatic heterocycles. The van der Waals surface area contributed by atoms with Crippen molar-refractivity contribution in [3.8, 4) is 44.8 Å². The maximum absolute atomic E-state index is 2.42. The normalized spacial score (nSPS) is 11.4. The molecule has 12 aromatic carbocycles. The minimum atomic E-state index is 1.10. The van der Waals surface area contributed by atoms with E-state index in [1.54, 1.807) is 0 Å². The Labute approximate surface area is 442 Å². The van der Waals surface area contributed by atoms with E-state index in [0.717, 1.165) is 78.7 Å². The molecule has 2 aromatic heterocycles. The summed E-state index contributed by atoms with van der Waals surface area (Å²) in [5.41, 5.74) is 20.5. The average Bonchev–Trinajstić information content (AvgIpc) is 4.08. The van der Waals surface area contributed by atoms with Crippen molar-refractivity contribution in [1.82, 2.24) is 9.13 Å². The second-order valence-electron chi connectivity index (χ2n) is 19.3. The van der Waals surface area contributed by atoms with Crippen molar-refractivity contribution in [2.45, 2.75) is 0 Å². The van der Waals surface area contributed by atoms with Gasteiger partial charge in [0.25, 0.3) is 0 Å². The lowest BCUT2D eigenvalue weighted by Crippen LogP contribution is -2.09. The Balaban J connectivity index is 0.978. The van der Waals surface area contributed by atoms with E-state index in [-0.39, 0.29) is 0 Å². The van der Waals surface area contributed by atoms with Crippen molar-refractivity contribution < 1.29 is 0 Å². The molecule has 0 amide bonds. The number of hydrogen-bond donors (Lipinski definition) is 0. The van der Waals surface area contributed by atoms with Gasteiger partial charge in [0, 0.05) is 67.0 Å². The average molecular weight is 971 g/mol. The summed E-state index contributed by atoms with van der Waals surface area (Å²) >= 11 is 0. The number of benzene rings is 12. The van der Waals surface area contributed by atoms with Crippen LogP contribution in [0.25, 0.3) is 88.4 Å². The molecule has 0 bridgehead atoms. The zero-order valence-electron chi connectivity index (χ0n) is 41.7. The third-order valence-corrected chi connectivity index (χ3v) is 14.8. The summed E-state index contributed by atoms with van der Waals surface area (Å²) in [4.78, 5) is 4.70. The van der Waals surface area contributed by atoms with Gasteiger partial charge in [-0.25, -0.2) is 0 Å². The van der Waals surface area contributed by atoms with Gasteiger partial charge in [0.05, 0.1) is 22.1 Å². The largest absolute Gasteiger partial charge is 0.310 e. The van der Waals surface area contributed by atoms with Crippen molar-refractivity contribution in [2.24, 2.45) is 0 Å². The number of fused-ring (bicyclic) bond motifs is 6. The molecule has 0 N–H and O–H groups in total. The van der Waals surface area contributed by atoms with E-state index in [2.05, 4.69) is 322 Å². The summed E-state index contributed by atoms with van der Waals surface area (Å²) in [7, 11) is 0. The van der Waals surface area contributed by atoms with Gasteiger partial charge >= 0.3 is 0 Å². The quantitative estimate of drug-likeness (QED) is 0.128. The standard InChI is InChI=1S/C72H50N4/c1-8-23-51(24-9-1)72-62(52-39-43-68-64(47-52)66-49-60(41-45-70(66)75(68)58-33-18-6-19-34-58)73(54-25-10-2-11-26-54)55-27-12-3-13-28-55)37-22-38-63(72)53-40-44-69-65(48-53)67-50-61(42-46-71(67)76(69)59-35-20-7-21-36-59)74(56-29-14-4-15-30-56)57-31-16-5-17-32-57/h1-50H. The van der Waals surface area contributed by atoms with E-state index in [9.17, 15) is 0 Å². The van der Waals surface area contributed by atoms with Gasteiger partial charge in [0.15, 0.2) is 0 Å². The molecule has 0 spiro atoms. The predicted molar refractivity (Wildman–Crippen MR) is 321 cm³/mol. The van der Waals surface area contributed by atoms with E-state index in [1.807, 2.05) is 0 Å². The first-order valence-corrected chi connectivity index (χ1v) is 26.0. The molecule has 0 aliphatic carbocycles. The third kappa shape index (κ3) is 7.79. The zero-order chi connectivity index (χ0) is 50.4. The third-order valence-electron chi connectivity index (χ3n) is 14.8. The fraction of sp³-hybridized carbons (Fsp3) is 0. The lowest BCUT2D eigenvalue weighted by Gasteiger charge is -2.25.